The van der Waals surface area contributed by atoms with Crippen LogP contribution in [0.15, 0.2) is 143 Å². The number of phenolic OH excluding ortho intramolecular Hbond substituents is 2. The molecule has 6 rings (SSSR count). The molecule has 0 aliphatic rings. The number of fused-ring (bicyclic) bond motifs is 2. The number of nitrogens with zero attached hydrogens (tertiary/aromatic N) is 2. The van der Waals surface area contributed by atoms with Crippen LogP contribution in [-0.4, -0.2) is 22.6 Å². The van der Waals surface area contributed by atoms with Crippen LogP contribution in [0.2, 0.25) is 0 Å². The number of rotatable bonds is 6. The van der Waals surface area contributed by atoms with Gasteiger partial charge in [0.1, 0.15) is 11.5 Å². The van der Waals surface area contributed by atoms with Crippen LogP contribution in [0, 0.1) is 0 Å². The average molecular weight is 657 g/mol. The van der Waals surface area contributed by atoms with Crippen molar-refractivity contribution in [2.24, 2.45) is 9.98 Å². The molecule has 0 saturated carbocycles. The van der Waals surface area contributed by atoms with Crippen LogP contribution in [0.5, 0.6) is 11.5 Å². The third kappa shape index (κ3) is 7.84. The first-order chi connectivity index (χ1) is 20.5. The van der Waals surface area contributed by atoms with Crippen LogP contribution >= 0.6 is 0 Å². The van der Waals surface area contributed by atoms with E-state index in [-0.39, 0.29) is 44.0 Å². The summed E-state index contributed by atoms with van der Waals surface area (Å²) in [6.45, 7) is 4.10. The number of hydrogen-bond donors (Lipinski definition) is 2. The summed E-state index contributed by atoms with van der Waals surface area (Å²) in [7, 11) is 0. The number of aliphatic imine (C=N–C) groups is 2. The summed E-state index contributed by atoms with van der Waals surface area (Å²) >= 11 is 0. The average Bonchev–Trinajstić information content (AvgIpc) is 3.04. The Morgan fingerprint density at radius 2 is 0.814 bits per heavy atom. The summed E-state index contributed by atoms with van der Waals surface area (Å²) in [5, 5.41) is 24.4. The van der Waals surface area contributed by atoms with E-state index in [2.05, 4.69) is 34.3 Å². The Bertz CT molecular complexity index is 1700. The minimum atomic E-state index is 0. The second kappa shape index (κ2) is 15.1. The van der Waals surface area contributed by atoms with E-state index < -0.39 is 0 Å². The molecule has 0 aliphatic heterocycles. The molecule has 2 atom stereocenters. The molecule has 0 amide bonds. The first-order valence-electron chi connectivity index (χ1n) is 14.1. The first kappa shape index (κ1) is 31.4. The molecular weight excluding hydrogens is 623 g/mol. The summed E-state index contributed by atoms with van der Waals surface area (Å²) in [6.07, 6.45) is 3.55. The van der Waals surface area contributed by atoms with E-state index in [4.69, 9.17) is 0 Å². The van der Waals surface area contributed by atoms with Crippen LogP contribution in [0.25, 0.3) is 21.5 Å². The maximum Gasteiger partial charge on any atom is 0.124 e. The first-order valence-corrected chi connectivity index (χ1v) is 14.1. The van der Waals surface area contributed by atoms with Gasteiger partial charge in [-0.25, -0.2) is 0 Å². The molecule has 5 heteroatoms. The molecule has 0 saturated heterocycles. The minimum Gasteiger partial charge on any atom is -0.507 e. The third-order valence-corrected chi connectivity index (χ3v) is 7.31. The maximum absolute atomic E-state index is 10.1. The molecular formula is C38H34N2O2Pd. The van der Waals surface area contributed by atoms with Gasteiger partial charge in [-0.15, -0.1) is 0 Å². The van der Waals surface area contributed by atoms with E-state index in [1.807, 2.05) is 111 Å². The van der Waals surface area contributed by atoms with Crippen LogP contribution in [0.4, 0.5) is 0 Å². The van der Waals surface area contributed by atoms with Gasteiger partial charge in [0.15, 0.2) is 0 Å². The Kier molecular flexibility index (Phi) is 11.0. The monoisotopic (exact) mass is 656 g/mol. The van der Waals surface area contributed by atoms with Crippen molar-refractivity contribution < 1.29 is 30.6 Å². The van der Waals surface area contributed by atoms with Crippen LogP contribution in [-0.2, 0) is 20.4 Å². The molecule has 4 nitrogen and oxygen atoms in total. The SMILES string of the molecule is C[C@H](N=Cc1c(O)ccc2ccccc12)c1ccccc1.C[C@H](N=Cc1c(O)ccc2ccccc12)c1ccccc1.[Pd]. The molecule has 0 heterocycles. The van der Waals surface area contributed by atoms with E-state index in [1.54, 1.807) is 24.6 Å². The molecule has 0 aromatic heterocycles. The largest absolute Gasteiger partial charge is 0.507 e. The van der Waals surface area contributed by atoms with Crippen molar-refractivity contribution in [1.82, 2.24) is 0 Å². The predicted octanol–water partition coefficient (Wildman–Crippen LogP) is 9.45. The van der Waals surface area contributed by atoms with Gasteiger partial charge in [-0.1, -0.05) is 121 Å². The van der Waals surface area contributed by atoms with Gasteiger partial charge >= 0.3 is 0 Å². The molecule has 218 valence electrons. The second-order valence-corrected chi connectivity index (χ2v) is 10.2. The molecule has 0 aliphatic carbocycles. The van der Waals surface area contributed by atoms with E-state index in [0.717, 1.165) is 43.8 Å². The van der Waals surface area contributed by atoms with Crippen LogP contribution in [0.1, 0.15) is 48.2 Å². The van der Waals surface area contributed by atoms with Gasteiger partial charge in [-0.2, -0.15) is 0 Å². The van der Waals surface area contributed by atoms with Crippen molar-refractivity contribution in [2.45, 2.75) is 25.9 Å². The predicted molar refractivity (Wildman–Crippen MR) is 176 cm³/mol. The number of hydrogen-bond acceptors (Lipinski definition) is 4. The normalized spacial score (nSPS) is 12.5. The molecule has 0 unspecified atom stereocenters. The fourth-order valence-corrected chi connectivity index (χ4v) is 4.85. The molecule has 6 aromatic rings. The zero-order chi connectivity index (χ0) is 29.3. The van der Waals surface area contributed by atoms with E-state index in [1.165, 1.54) is 0 Å². The standard InChI is InChI=1S/2C19H17NO.Pd/c2*1-14(15-7-3-2-4-8-15)20-13-18-17-10-6-5-9-16(17)11-12-19(18)21;/h2*2-14,21H,1H3;/t2*14-;/m00./s1. The number of aromatic hydroxyl groups is 2. The zero-order valence-corrected chi connectivity index (χ0v) is 25.7. The fourth-order valence-electron chi connectivity index (χ4n) is 4.85. The van der Waals surface area contributed by atoms with Gasteiger partial charge in [-0.3, -0.25) is 9.98 Å². The van der Waals surface area contributed by atoms with Crippen molar-refractivity contribution >= 4 is 34.0 Å². The molecule has 2 N–H and O–H groups in total. The van der Waals surface area contributed by atoms with Crippen molar-refractivity contribution in [1.29, 1.82) is 0 Å². The van der Waals surface area contributed by atoms with Gasteiger partial charge < -0.3 is 10.2 Å². The Labute approximate surface area is 266 Å². The fraction of sp³-hybridized carbons (Fsp3) is 0.105. The van der Waals surface area contributed by atoms with Gasteiger partial charge in [0, 0.05) is 44.0 Å². The molecule has 0 spiro atoms. The zero-order valence-electron chi connectivity index (χ0n) is 24.1. The smallest absolute Gasteiger partial charge is 0.124 e. The van der Waals surface area contributed by atoms with Crippen molar-refractivity contribution in [3.05, 3.63) is 156 Å². The summed E-state index contributed by atoms with van der Waals surface area (Å²) in [6, 6.07) is 43.7. The van der Waals surface area contributed by atoms with Gasteiger partial charge in [0.25, 0.3) is 0 Å². The molecule has 0 fully saturated rings. The Balaban J connectivity index is 0.000000192. The van der Waals surface area contributed by atoms with E-state index in [9.17, 15) is 10.2 Å². The summed E-state index contributed by atoms with van der Waals surface area (Å²) in [4.78, 5) is 9.18. The molecule has 0 bridgehead atoms. The Morgan fingerprint density at radius 3 is 1.21 bits per heavy atom. The number of benzene rings is 6. The van der Waals surface area contributed by atoms with Gasteiger partial charge in [0.2, 0.25) is 0 Å². The Morgan fingerprint density at radius 1 is 0.465 bits per heavy atom. The third-order valence-electron chi connectivity index (χ3n) is 7.31. The van der Waals surface area contributed by atoms with E-state index >= 15 is 0 Å². The minimum absolute atomic E-state index is 0. The topological polar surface area (TPSA) is 65.2 Å². The van der Waals surface area contributed by atoms with Crippen LogP contribution in [0.3, 0.4) is 0 Å². The summed E-state index contributed by atoms with van der Waals surface area (Å²) in [5.74, 6) is 0.524. The van der Waals surface area contributed by atoms with E-state index in [0.29, 0.717) is 0 Å². The molecule has 0 radical (unpaired) electrons. The van der Waals surface area contributed by atoms with Gasteiger partial charge in [0.05, 0.1) is 12.1 Å². The summed E-state index contributed by atoms with van der Waals surface area (Å²) in [5.41, 5.74) is 3.87. The Hall–Kier alpha value is -4.56. The molecule has 43 heavy (non-hydrogen) atoms. The summed E-state index contributed by atoms with van der Waals surface area (Å²) < 4.78 is 0. The second-order valence-electron chi connectivity index (χ2n) is 10.2. The molecule has 6 aromatic carbocycles. The van der Waals surface area contributed by atoms with Gasteiger partial charge in [-0.05, 0) is 58.7 Å². The van der Waals surface area contributed by atoms with Crippen LogP contribution < -0.4 is 0 Å². The quantitative estimate of drug-likeness (QED) is 0.139. The van der Waals surface area contributed by atoms with Crippen molar-refractivity contribution in [2.75, 3.05) is 0 Å². The van der Waals surface area contributed by atoms with Crippen molar-refractivity contribution in [3.8, 4) is 11.5 Å². The number of phenols is 2. The maximum atomic E-state index is 10.1. The van der Waals surface area contributed by atoms with Crippen molar-refractivity contribution in [3.63, 3.8) is 0 Å².